The Morgan fingerprint density at radius 2 is 1.91 bits per heavy atom. The average molecular weight is 495 g/mol. The van der Waals surface area contributed by atoms with Crippen LogP contribution in [0, 0.1) is 22.6 Å². The number of benzene rings is 1. The van der Waals surface area contributed by atoms with Crippen LogP contribution in [0.1, 0.15) is 33.1 Å². The van der Waals surface area contributed by atoms with E-state index in [2.05, 4.69) is 0 Å². The van der Waals surface area contributed by atoms with Crippen molar-refractivity contribution in [1.82, 2.24) is 4.90 Å². The minimum absolute atomic E-state index is 0.0797. The number of amides is 2. The molecule has 11 heteroatoms. The fourth-order valence-corrected chi connectivity index (χ4v) is 5.45. The number of piperazine rings is 1. The van der Waals surface area contributed by atoms with E-state index in [1.54, 1.807) is 6.07 Å². The SMILES string of the molecule is CC(C)Oc1ccc(F)cc1N1CC[N+](=O)CC1CCCN1C(=O)C2CC(O)C(O)C(O)C2C1=O. The zero-order chi connectivity index (χ0) is 25.4. The molecule has 0 radical (unpaired) electrons. The monoisotopic (exact) mass is 494 g/mol. The third-order valence-corrected chi connectivity index (χ3v) is 7.13. The maximum Gasteiger partial charge on any atom is 0.235 e. The number of likely N-dealkylation sites (tertiary alicyclic amines) is 1. The molecule has 6 unspecified atom stereocenters. The summed E-state index contributed by atoms with van der Waals surface area (Å²) in [7, 11) is 0. The number of carbonyl (C=O) groups is 2. The number of nitrogens with zero attached hydrogens (tertiary/aromatic N) is 3. The molecule has 0 aromatic heterocycles. The van der Waals surface area contributed by atoms with Crippen LogP contribution in [0.4, 0.5) is 10.1 Å². The number of imide groups is 1. The van der Waals surface area contributed by atoms with Crippen LogP contribution in [0.25, 0.3) is 0 Å². The third-order valence-electron chi connectivity index (χ3n) is 7.13. The molecule has 0 bridgehead atoms. The van der Waals surface area contributed by atoms with Gasteiger partial charge < -0.3 is 25.0 Å². The minimum atomic E-state index is -1.50. The summed E-state index contributed by atoms with van der Waals surface area (Å²) in [6.45, 7) is 4.64. The van der Waals surface area contributed by atoms with Gasteiger partial charge in [-0.15, -0.1) is 0 Å². The van der Waals surface area contributed by atoms with Gasteiger partial charge in [0, 0.05) is 22.3 Å². The molecule has 3 aliphatic rings. The number of anilines is 1. The number of fused-ring (bicyclic) bond motifs is 1. The van der Waals surface area contributed by atoms with Crippen molar-refractivity contribution in [2.24, 2.45) is 11.8 Å². The van der Waals surface area contributed by atoms with Crippen molar-refractivity contribution >= 4 is 17.5 Å². The summed E-state index contributed by atoms with van der Waals surface area (Å²) in [4.78, 5) is 40.9. The van der Waals surface area contributed by atoms with E-state index in [1.165, 1.54) is 12.1 Å². The van der Waals surface area contributed by atoms with Crippen molar-refractivity contribution in [3.8, 4) is 5.75 Å². The second kappa shape index (κ2) is 10.2. The lowest BCUT2D eigenvalue weighted by molar-refractivity contribution is -0.555. The smallest absolute Gasteiger partial charge is 0.235 e. The second-order valence-electron chi connectivity index (χ2n) is 9.90. The van der Waals surface area contributed by atoms with Gasteiger partial charge in [-0.2, -0.15) is 0 Å². The normalized spacial score (nSPS) is 31.3. The fraction of sp³-hybridized carbons (Fsp3) is 0.667. The van der Waals surface area contributed by atoms with Gasteiger partial charge in [0.15, 0.2) is 0 Å². The Bertz CT molecular complexity index is 990. The van der Waals surface area contributed by atoms with Gasteiger partial charge in [0.05, 0.1) is 48.4 Å². The Balaban J connectivity index is 1.46. The van der Waals surface area contributed by atoms with E-state index in [4.69, 9.17) is 4.74 Å². The van der Waals surface area contributed by atoms with Gasteiger partial charge in [-0.05, 0) is 45.2 Å². The largest absolute Gasteiger partial charge is 0.489 e. The molecule has 1 aromatic carbocycles. The first-order valence-electron chi connectivity index (χ1n) is 12.1. The number of rotatable bonds is 7. The lowest BCUT2D eigenvalue weighted by Gasteiger charge is -2.35. The highest BCUT2D eigenvalue weighted by Gasteiger charge is 2.56. The molecular formula is C24H33FN3O7+. The molecule has 1 aromatic rings. The topological polar surface area (TPSA) is 131 Å². The molecule has 1 saturated carbocycles. The number of ether oxygens (including phenoxy) is 1. The van der Waals surface area contributed by atoms with Crippen LogP contribution in [-0.2, 0) is 9.59 Å². The molecule has 10 nitrogen and oxygen atoms in total. The van der Waals surface area contributed by atoms with Crippen LogP contribution >= 0.6 is 0 Å². The Hall–Kier alpha value is -2.63. The van der Waals surface area contributed by atoms with Crippen molar-refractivity contribution < 1.29 is 38.8 Å². The van der Waals surface area contributed by atoms with Crippen molar-refractivity contribution in [2.75, 3.05) is 31.1 Å². The Morgan fingerprint density at radius 3 is 2.63 bits per heavy atom. The molecule has 4 rings (SSSR count). The zero-order valence-corrected chi connectivity index (χ0v) is 19.9. The summed E-state index contributed by atoms with van der Waals surface area (Å²) >= 11 is 0. The summed E-state index contributed by atoms with van der Waals surface area (Å²) in [5.41, 5.74) is 0.558. The Kier molecular flexibility index (Phi) is 7.39. The number of aliphatic hydroxyl groups is 3. The van der Waals surface area contributed by atoms with Crippen molar-refractivity contribution in [1.29, 1.82) is 0 Å². The highest BCUT2D eigenvalue weighted by Crippen LogP contribution is 2.39. The summed E-state index contributed by atoms with van der Waals surface area (Å²) in [6, 6.07) is 4.00. The molecule has 3 N–H and O–H groups in total. The van der Waals surface area contributed by atoms with E-state index < -0.39 is 47.8 Å². The quantitative estimate of drug-likeness (QED) is 0.368. The molecule has 2 amide bonds. The van der Waals surface area contributed by atoms with Crippen molar-refractivity contribution in [3.63, 3.8) is 0 Å². The van der Waals surface area contributed by atoms with Crippen LogP contribution in [0.5, 0.6) is 5.75 Å². The van der Waals surface area contributed by atoms with E-state index in [-0.39, 0.29) is 38.2 Å². The van der Waals surface area contributed by atoms with E-state index in [9.17, 15) is 34.2 Å². The first-order valence-corrected chi connectivity index (χ1v) is 12.1. The first kappa shape index (κ1) is 25.5. The van der Waals surface area contributed by atoms with Crippen LogP contribution < -0.4 is 9.64 Å². The van der Waals surface area contributed by atoms with E-state index >= 15 is 0 Å². The first-order chi connectivity index (χ1) is 16.6. The summed E-state index contributed by atoms with van der Waals surface area (Å²) in [6.07, 6.45) is -3.60. The summed E-state index contributed by atoms with van der Waals surface area (Å²) in [5, 5.41) is 30.1. The molecule has 2 heterocycles. The lowest BCUT2D eigenvalue weighted by atomic mass is 9.76. The van der Waals surface area contributed by atoms with Gasteiger partial charge in [-0.25, -0.2) is 4.39 Å². The number of hydrogen-bond donors (Lipinski definition) is 3. The molecule has 2 saturated heterocycles. The minimum Gasteiger partial charge on any atom is -0.489 e. The van der Waals surface area contributed by atoms with E-state index in [0.29, 0.717) is 30.8 Å². The molecule has 2 aliphatic heterocycles. The van der Waals surface area contributed by atoms with Crippen LogP contribution in [-0.4, -0.2) is 93.4 Å². The number of nitroso groups, excluding NO2 is 1. The Labute approximate surface area is 202 Å². The van der Waals surface area contributed by atoms with Crippen LogP contribution in [0.15, 0.2) is 18.2 Å². The van der Waals surface area contributed by atoms with Crippen LogP contribution in [0.2, 0.25) is 0 Å². The van der Waals surface area contributed by atoms with Gasteiger partial charge >= 0.3 is 0 Å². The molecule has 3 fully saturated rings. The maximum absolute atomic E-state index is 14.1. The van der Waals surface area contributed by atoms with E-state index in [0.717, 1.165) is 9.66 Å². The summed E-state index contributed by atoms with van der Waals surface area (Å²) < 4.78 is 20.9. The summed E-state index contributed by atoms with van der Waals surface area (Å²) in [5.74, 6) is -2.84. The third kappa shape index (κ3) is 5.03. The van der Waals surface area contributed by atoms with Crippen molar-refractivity contribution in [2.45, 2.75) is 63.6 Å². The second-order valence-corrected chi connectivity index (χ2v) is 9.90. The van der Waals surface area contributed by atoms with Gasteiger partial charge in [0.2, 0.25) is 24.9 Å². The predicted molar refractivity (Wildman–Crippen MR) is 122 cm³/mol. The molecule has 1 aliphatic carbocycles. The molecule has 35 heavy (non-hydrogen) atoms. The maximum atomic E-state index is 14.1. The Morgan fingerprint density at radius 1 is 1.17 bits per heavy atom. The van der Waals surface area contributed by atoms with E-state index in [1.807, 2.05) is 18.7 Å². The number of aliphatic hydroxyl groups excluding tert-OH is 3. The molecule has 192 valence electrons. The lowest BCUT2D eigenvalue weighted by Crippen LogP contribution is -2.51. The van der Waals surface area contributed by atoms with Gasteiger partial charge in [-0.1, -0.05) is 0 Å². The zero-order valence-electron chi connectivity index (χ0n) is 19.9. The predicted octanol–water partition coefficient (Wildman–Crippen LogP) is 0.448. The number of hydrogen-bond acceptors (Lipinski definition) is 8. The highest BCUT2D eigenvalue weighted by molar-refractivity contribution is 6.05. The van der Waals surface area contributed by atoms with Crippen molar-refractivity contribution in [3.05, 3.63) is 28.9 Å². The molecule has 6 atom stereocenters. The average Bonchev–Trinajstić information content (AvgIpc) is 3.03. The van der Waals surface area contributed by atoms with Gasteiger partial charge in [0.25, 0.3) is 0 Å². The molecule has 0 spiro atoms. The van der Waals surface area contributed by atoms with Crippen LogP contribution in [0.3, 0.4) is 0 Å². The standard InChI is InChI=1S/C24H33FN3O7/c1-13(2)35-19-6-5-14(25)10-17(19)27-9-8-26(34)12-15(27)4-3-7-28-23(32)16-11-18(29)21(30)22(31)20(16)24(28)33/h5-6,10,13,15-16,18,20-22,29-31H,3-4,7-9,11-12H2,1-2H3/q+1. The van der Waals surface area contributed by atoms with Gasteiger partial charge in [-0.3, -0.25) is 14.5 Å². The molecular weight excluding hydrogens is 461 g/mol. The fourth-order valence-electron chi connectivity index (χ4n) is 5.45. The number of halogens is 1. The number of carbonyl (C=O) groups excluding carboxylic acids is 2. The van der Waals surface area contributed by atoms with Gasteiger partial charge in [0.1, 0.15) is 17.7 Å². The highest BCUT2D eigenvalue weighted by atomic mass is 19.1.